The van der Waals surface area contributed by atoms with Crippen LogP contribution in [0.15, 0.2) is 33.7 Å². The second kappa shape index (κ2) is 3.80. The molecule has 0 aliphatic rings. The molecular weight excluding hydrogens is 252 g/mol. The van der Waals surface area contributed by atoms with Gasteiger partial charge in [-0.05, 0) is 28.1 Å². The van der Waals surface area contributed by atoms with E-state index in [1.165, 1.54) is 0 Å². The predicted molar refractivity (Wildman–Crippen MR) is 55.0 cm³/mol. The minimum atomic E-state index is 1.08. The number of hydrogen-bond acceptors (Lipinski definition) is 4. The Labute approximate surface area is 87.1 Å². The normalized spacial score (nSPS) is 11.2. The quantitative estimate of drug-likeness (QED) is 0.772. The average Bonchev–Trinajstić information content (AvgIpc) is 2.71. The van der Waals surface area contributed by atoms with Crippen LogP contribution in [-0.4, -0.2) is 21.1 Å². The fourth-order valence-corrected chi connectivity index (χ4v) is 2.07. The lowest BCUT2D eigenvalue weighted by molar-refractivity contribution is 0.879. The number of halogens is 1. The van der Waals surface area contributed by atoms with E-state index in [4.69, 9.17) is 0 Å². The van der Waals surface area contributed by atoms with Crippen molar-refractivity contribution in [2.24, 2.45) is 5.10 Å². The zero-order valence-corrected chi connectivity index (χ0v) is 8.86. The summed E-state index contributed by atoms with van der Waals surface area (Å²) in [6, 6.07) is 3.97. The maximum Gasteiger partial charge on any atom is 0.141 e. The third-order valence-corrected chi connectivity index (χ3v) is 2.88. The van der Waals surface area contributed by atoms with E-state index in [0.29, 0.717) is 0 Å². The lowest BCUT2D eigenvalue weighted by Gasteiger charge is -1.85. The monoisotopic (exact) mass is 256 g/mol. The zero-order chi connectivity index (χ0) is 9.10. The highest BCUT2D eigenvalue weighted by molar-refractivity contribution is 9.11. The smallest absolute Gasteiger partial charge is 0.141 e. The van der Waals surface area contributed by atoms with E-state index in [2.05, 4.69) is 31.2 Å². The number of thiophene rings is 1. The van der Waals surface area contributed by atoms with Crippen LogP contribution in [0, 0.1) is 0 Å². The van der Waals surface area contributed by atoms with Gasteiger partial charge in [0.2, 0.25) is 0 Å². The van der Waals surface area contributed by atoms with Crippen molar-refractivity contribution in [3.63, 3.8) is 0 Å². The van der Waals surface area contributed by atoms with Crippen LogP contribution in [0.25, 0.3) is 0 Å². The third kappa shape index (κ3) is 2.22. The van der Waals surface area contributed by atoms with Gasteiger partial charge in [-0.3, -0.25) is 0 Å². The molecule has 0 aromatic carbocycles. The van der Waals surface area contributed by atoms with Gasteiger partial charge in [-0.2, -0.15) is 5.10 Å². The maximum atomic E-state index is 4.11. The lowest BCUT2D eigenvalue weighted by Crippen LogP contribution is -1.83. The summed E-state index contributed by atoms with van der Waals surface area (Å²) in [6.07, 6.45) is 4.84. The molecule has 0 atom stereocenters. The van der Waals surface area contributed by atoms with E-state index < -0.39 is 0 Å². The van der Waals surface area contributed by atoms with Crippen LogP contribution >= 0.6 is 27.3 Å². The second-order valence-corrected chi connectivity index (χ2v) is 4.72. The third-order valence-electron chi connectivity index (χ3n) is 1.32. The molecule has 0 unspecified atom stereocenters. The molecule has 6 heteroatoms. The highest BCUT2D eigenvalue weighted by Gasteiger charge is 1.92. The van der Waals surface area contributed by atoms with Crippen molar-refractivity contribution < 1.29 is 0 Å². The Hall–Kier alpha value is -1.01. The highest BCUT2D eigenvalue weighted by atomic mass is 79.9. The first-order valence-electron chi connectivity index (χ1n) is 3.49. The van der Waals surface area contributed by atoms with Crippen molar-refractivity contribution in [3.05, 3.63) is 33.5 Å². The summed E-state index contributed by atoms with van der Waals surface area (Å²) < 4.78 is 2.64. The molecule has 0 bridgehead atoms. The summed E-state index contributed by atoms with van der Waals surface area (Å²) in [5.41, 5.74) is 0. The van der Waals surface area contributed by atoms with E-state index in [-0.39, 0.29) is 0 Å². The average molecular weight is 257 g/mol. The summed E-state index contributed by atoms with van der Waals surface area (Å²) in [5.74, 6) is 0. The molecule has 0 saturated carbocycles. The van der Waals surface area contributed by atoms with E-state index in [1.807, 2.05) is 12.1 Å². The summed E-state index contributed by atoms with van der Waals surface area (Å²) in [6.45, 7) is 0. The molecule has 0 aliphatic carbocycles. The van der Waals surface area contributed by atoms with E-state index in [1.54, 1.807) is 34.9 Å². The lowest BCUT2D eigenvalue weighted by atomic mass is 10.5. The zero-order valence-electron chi connectivity index (χ0n) is 6.46. The van der Waals surface area contributed by atoms with Gasteiger partial charge >= 0.3 is 0 Å². The molecular formula is C7H5BrN4S. The van der Waals surface area contributed by atoms with Crippen LogP contribution in [0.5, 0.6) is 0 Å². The molecule has 2 heterocycles. The Morgan fingerprint density at radius 1 is 1.38 bits per heavy atom. The van der Waals surface area contributed by atoms with Crippen molar-refractivity contribution in [2.45, 2.75) is 0 Å². The first-order valence-corrected chi connectivity index (χ1v) is 5.10. The fourth-order valence-electron chi connectivity index (χ4n) is 0.776. The molecule has 2 rings (SSSR count). The second-order valence-electron chi connectivity index (χ2n) is 2.23. The molecule has 2 aromatic heterocycles. The molecule has 0 aliphatic heterocycles. The first kappa shape index (κ1) is 8.58. The van der Waals surface area contributed by atoms with Gasteiger partial charge in [-0.1, -0.05) is 0 Å². The van der Waals surface area contributed by atoms with Crippen LogP contribution in [-0.2, 0) is 0 Å². The van der Waals surface area contributed by atoms with Gasteiger partial charge in [-0.25, -0.2) is 4.68 Å². The van der Waals surface area contributed by atoms with Crippen LogP contribution in [0.4, 0.5) is 0 Å². The van der Waals surface area contributed by atoms with Crippen LogP contribution in [0.3, 0.4) is 0 Å². The highest BCUT2D eigenvalue weighted by Crippen LogP contribution is 2.20. The van der Waals surface area contributed by atoms with Gasteiger partial charge in [-0.15, -0.1) is 21.5 Å². The van der Waals surface area contributed by atoms with Gasteiger partial charge < -0.3 is 0 Å². The van der Waals surface area contributed by atoms with Gasteiger partial charge in [0, 0.05) is 4.88 Å². The van der Waals surface area contributed by atoms with Gasteiger partial charge in [0.1, 0.15) is 12.7 Å². The molecule has 0 amide bonds. The Morgan fingerprint density at radius 2 is 2.15 bits per heavy atom. The Bertz CT molecular complexity index is 406. The van der Waals surface area contributed by atoms with Crippen molar-refractivity contribution >= 4 is 33.5 Å². The molecule has 0 N–H and O–H groups in total. The van der Waals surface area contributed by atoms with Gasteiger partial charge in [0.15, 0.2) is 0 Å². The largest absolute Gasteiger partial charge is 0.208 e. The summed E-state index contributed by atoms with van der Waals surface area (Å²) in [4.78, 5) is 1.08. The number of nitrogens with zero attached hydrogens (tertiary/aromatic N) is 4. The van der Waals surface area contributed by atoms with E-state index in [0.717, 1.165) is 8.66 Å². The number of aromatic nitrogens is 3. The summed E-state index contributed by atoms with van der Waals surface area (Å²) in [5, 5.41) is 11.4. The molecule has 2 aromatic rings. The molecule has 0 fully saturated rings. The molecule has 66 valence electrons. The Morgan fingerprint density at radius 3 is 2.77 bits per heavy atom. The van der Waals surface area contributed by atoms with Crippen molar-refractivity contribution in [3.8, 4) is 0 Å². The van der Waals surface area contributed by atoms with Crippen LogP contribution in [0.1, 0.15) is 4.88 Å². The fraction of sp³-hybridized carbons (Fsp3) is 0. The topological polar surface area (TPSA) is 43.1 Å². The van der Waals surface area contributed by atoms with Crippen molar-refractivity contribution in [1.29, 1.82) is 0 Å². The van der Waals surface area contributed by atoms with E-state index in [9.17, 15) is 0 Å². The van der Waals surface area contributed by atoms with Crippen molar-refractivity contribution in [2.75, 3.05) is 0 Å². The van der Waals surface area contributed by atoms with Crippen LogP contribution < -0.4 is 0 Å². The van der Waals surface area contributed by atoms with Crippen LogP contribution in [0.2, 0.25) is 0 Å². The summed E-state index contributed by atoms with van der Waals surface area (Å²) >= 11 is 5.00. The summed E-state index contributed by atoms with van der Waals surface area (Å²) in [7, 11) is 0. The molecule has 0 spiro atoms. The Balaban J connectivity index is 2.14. The molecule has 0 saturated heterocycles. The molecule has 4 nitrogen and oxygen atoms in total. The Kier molecular flexibility index (Phi) is 2.51. The SMILES string of the molecule is Brc1ccc(C=Nn2cnnc2)s1. The minimum Gasteiger partial charge on any atom is -0.208 e. The molecule has 13 heavy (non-hydrogen) atoms. The van der Waals surface area contributed by atoms with Gasteiger partial charge in [0.05, 0.1) is 10.0 Å². The van der Waals surface area contributed by atoms with Gasteiger partial charge in [0.25, 0.3) is 0 Å². The maximum absolute atomic E-state index is 4.11. The number of hydrogen-bond donors (Lipinski definition) is 0. The van der Waals surface area contributed by atoms with Crippen molar-refractivity contribution in [1.82, 2.24) is 14.9 Å². The number of rotatable bonds is 2. The van der Waals surface area contributed by atoms with E-state index >= 15 is 0 Å². The standard InChI is InChI=1S/C7H5BrN4S/c8-7-2-1-6(13-7)3-11-12-4-9-10-5-12/h1-5H. The molecule has 0 radical (unpaired) electrons. The predicted octanol–water partition coefficient (Wildman–Crippen LogP) is 1.98. The minimum absolute atomic E-state index is 1.08. The first-order chi connectivity index (χ1) is 6.34.